The molecule has 1 aliphatic heterocycles. The Balaban J connectivity index is 2.28. The van der Waals surface area contributed by atoms with Crippen LogP contribution >= 0.6 is 0 Å². The molecule has 2 atom stereocenters. The molecule has 0 bridgehead atoms. The number of hydrogen-bond acceptors (Lipinski definition) is 6. The Morgan fingerprint density at radius 1 is 1.36 bits per heavy atom. The van der Waals surface area contributed by atoms with Gasteiger partial charge in [0.05, 0.1) is 18.4 Å². The number of alkyl halides is 3. The van der Waals surface area contributed by atoms with Crippen LogP contribution < -0.4 is 0 Å². The molecule has 0 unspecified atom stereocenters. The fraction of sp³-hybridized carbons (Fsp3) is 0.538. The van der Waals surface area contributed by atoms with Crippen LogP contribution in [0.5, 0.6) is 0 Å². The minimum absolute atomic E-state index is 0.0152. The summed E-state index contributed by atoms with van der Waals surface area (Å²) in [5.41, 5.74) is 0. The molecule has 1 aromatic heterocycles. The Labute approximate surface area is 140 Å². The molecule has 1 N–H and O–H groups in total. The van der Waals surface area contributed by atoms with Gasteiger partial charge >= 0.3 is 18.1 Å². The van der Waals surface area contributed by atoms with E-state index in [0.29, 0.717) is 4.31 Å². The normalized spacial score (nSPS) is 22.1. The van der Waals surface area contributed by atoms with Crippen molar-refractivity contribution in [2.45, 2.75) is 18.2 Å². The van der Waals surface area contributed by atoms with Crippen molar-refractivity contribution in [2.75, 3.05) is 19.7 Å². The zero-order chi connectivity index (χ0) is 19.0. The monoisotopic (exact) mass is 385 g/mol. The summed E-state index contributed by atoms with van der Waals surface area (Å²) in [6.07, 6.45) is -4.87. The molecule has 140 valence electrons. The second-order valence-corrected chi connectivity index (χ2v) is 7.12. The third kappa shape index (κ3) is 3.79. The van der Waals surface area contributed by atoms with Gasteiger partial charge in [0.25, 0.3) is 10.0 Å². The van der Waals surface area contributed by atoms with Crippen molar-refractivity contribution < 1.29 is 45.4 Å². The third-order valence-corrected chi connectivity index (χ3v) is 5.38. The number of ether oxygens (including phenoxy) is 1. The maximum atomic E-state index is 13.0. The van der Waals surface area contributed by atoms with E-state index in [9.17, 15) is 31.2 Å². The fourth-order valence-electron chi connectivity index (χ4n) is 2.44. The lowest BCUT2D eigenvalue weighted by Gasteiger charge is -2.18. The number of carbonyl (C=O) groups excluding carboxylic acids is 1. The number of carboxylic acid groups (broad SMARTS) is 1. The molecule has 0 spiro atoms. The maximum Gasteiger partial charge on any atom is 0.393 e. The number of aliphatic carboxylic acids is 1. The SMILES string of the molecule is CCOC(=O)c1ccc(S(=O)(=O)N2C[C@@H](C(F)(F)F)[C@H](C(=O)O)C2)o1. The lowest BCUT2D eigenvalue weighted by molar-refractivity contribution is -0.187. The zero-order valence-corrected chi connectivity index (χ0v) is 13.6. The Kier molecular flexibility index (Phi) is 5.14. The van der Waals surface area contributed by atoms with E-state index in [1.54, 1.807) is 0 Å². The van der Waals surface area contributed by atoms with Crippen molar-refractivity contribution in [1.82, 2.24) is 4.31 Å². The van der Waals surface area contributed by atoms with Crippen molar-refractivity contribution >= 4 is 22.0 Å². The van der Waals surface area contributed by atoms with Crippen LogP contribution in [-0.4, -0.2) is 55.6 Å². The molecular weight excluding hydrogens is 371 g/mol. The predicted molar refractivity (Wildman–Crippen MR) is 74.1 cm³/mol. The highest BCUT2D eigenvalue weighted by Gasteiger charge is 2.55. The summed E-state index contributed by atoms with van der Waals surface area (Å²) in [6, 6.07) is 1.91. The van der Waals surface area contributed by atoms with E-state index in [1.165, 1.54) is 6.92 Å². The Bertz CT molecular complexity index is 771. The van der Waals surface area contributed by atoms with E-state index in [-0.39, 0.29) is 6.61 Å². The van der Waals surface area contributed by atoms with Gasteiger partial charge in [-0.1, -0.05) is 0 Å². The topological polar surface area (TPSA) is 114 Å². The van der Waals surface area contributed by atoms with Crippen LogP contribution in [0.15, 0.2) is 21.6 Å². The summed E-state index contributed by atoms with van der Waals surface area (Å²) in [6.45, 7) is -0.358. The van der Waals surface area contributed by atoms with Crippen LogP contribution in [0.4, 0.5) is 13.2 Å². The summed E-state index contributed by atoms with van der Waals surface area (Å²) >= 11 is 0. The fourth-order valence-corrected chi connectivity index (χ4v) is 3.85. The molecule has 2 rings (SSSR count). The van der Waals surface area contributed by atoms with Crippen molar-refractivity contribution in [1.29, 1.82) is 0 Å². The van der Waals surface area contributed by atoms with Crippen molar-refractivity contribution in [2.24, 2.45) is 11.8 Å². The van der Waals surface area contributed by atoms with Crippen molar-refractivity contribution in [3.63, 3.8) is 0 Å². The van der Waals surface area contributed by atoms with Crippen LogP contribution in [0, 0.1) is 11.8 Å². The van der Waals surface area contributed by atoms with Gasteiger partial charge in [0.1, 0.15) is 0 Å². The largest absolute Gasteiger partial charge is 0.481 e. The molecule has 0 radical (unpaired) electrons. The van der Waals surface area contributed by atoms with Crippen LogP contribution in [-0.2, 0) is 19.6 Å². The standard InChI is InChI=1S/C13H14F3NO7S/c1-2-23-12(20)9-3-4-10(24-9)25(21,22)17-5-7(11(18)19)8(6-17)13(14,15)16/h3-4,7-8H,2,5-6H2,1H3,(H,18,19)/t7-,8-/m1/s1. The average molecular weight is 385 g/mol. The number of hydrogen-bond donors (Lipinski definition) is 1. The first kappa shape index (κ1) is 19.2. The highest BCUT2D eigenvalue weighted by atomic mass is 32.2. The van der Waals surface area contributed by atoms with E-state index < -0.39 is 63.9 Å². The summed E-state index contributed by atoms with van der Waals surface area (Å²) in [5, 5.41) is 8.17. The van der Waals surface area contributed by atoms with E-state index in [0.717, 1.165) is 12.1 Å². The van der Waals surface area contributed by atoms with Gasteiger partial charge in [-0.3, -0.25) is 4.79 Å². The van der Waals surface area contributed by atoms with Crippen LogP contribution in [0.3, 0.4) is 0 Å². The number of carbonyl (C=O) groups is 2. The van der Waals surface area contributed by atoms with Crippen LogP contribution in [0.25, 0.3) is 0 Å². The molecule has 0 aliphatic carbocycles. The second kappa shape index (κ2) is 6.67. The highest BCUT2D eigenvalue weighted by Crippen LogP contribution is 2.39. The number of esters is 1. The average Bonchev–Trinajstić information content (AvgIpc) is 3.15. The van der Waals surface area contributed by atoms with Crippen LogP contribution in [0.1, 0.15) is 17.5 Å². The van der Waals surface area contributed by atoms with Gasteiger partial charge in [-0.05, 0) is 19.1 Å². The van der Waals surface area contributed by atoms with Gasteiger partial charge in [-0.25, -0.2) is 13.2 Å². The zero-order valence-electron chi connectivity index (χ0n) is 12.8. The third-order valence-electron chi connectivity index (χ3n) is 3.68. The number of furan rings is 1. The molecule has 0 saturated carbocycles. The summed E-state index contributed by atoms with van der Waals surface area (Å²) in [5.74, 6) is -7.36. The molecule has 0 aromatic carbocycles. The molecule has 1 aliphatic rings. The molecule has 0 amide bonds. The number of carboxylic acids is 1. The molecule has 1 saturated heterocycles. The molecule has 2 heterocycles. The minimum Gasteiger partial charge on any atom is -0.481 e. The summed E-state index contributed by atoms with van der Waals surface area (Å²) in [4.78, 5) is 22.5. The number of rotatable bonds is 5. The predicted octanol–water partition coefficient (Wildman–Crippen LogP) is 1.34. The number of sulfonamides is 1. The molecule has 25 heavy (non-hydrogen) atoms. The first-order valence-electron chi connectivity index (χ1n) is 7.05. The molecule has 8 nitrogen and oxygen atoms in total. The summed E-state index contributed by atoms with van der Waals surface area (Å²) in [7, 11) is -4.53. The molecular formula is C13H14F3NO7S. The molecule has 1 aromatic rings. The van der Waals surface area contributed by atoms with E-state index >= 15 is 0 Å². The lowest BCUT2D eigenvalue weighted by Crippen LogP contribution is -2.34. The Morgan fingerprint density at radius 2 is 2.00 bits per heavy atom. The minimum atomic E-state index is -4.87. The van der Waals surface area contributed by atoms with Gasteiger partial charge in [0.2, 0.25) is 10.9 Å². The second-order valence-electron chi connectivity index (χ2n) is 5.25. The maximum absolute atomic E-state index is 13.0. The quantitative estimate of drug-likeness (QED) is 0.761. The van der Waals surface area contributed by atoms with E-state index in [4.69, 9.17) is 9.52 Å². The van der Waals surface area contributed by atoms with E-state index in [1.807, 2.05) is 0 Å². The van der Waals surface area contributed by atoms with E-state index in [2.05, 4.69) is 4.74 Å². The number of nitrogens with zero attached hydrogens (tertiary/aromatic N) is 1. The Morgan fingerprint density at radius 3 is 2.48 bits per heavy atom. The van der Waals surface area contributed by atoms with Crippen molar-refractivity contribution in [3.8, 4) is 0 Å². The molecule has 1 fully saturated rings. The number of halogens is 3. The highest BCUT2D eigenvalue weighted by molar-refractivity contribution is 7.89. The van der Waals surface area contributed by atoms with Crippen molar-refractivity contribution in [3.05, 3.63) is 17.9 Å². The first-order chi connectivity index (χ1) is 11.5. The summed E-state index contributed by atoms with van der Waals surface area (Å²) < 4.78 is 73.5. The first-order valence-corrected chi connectivity index (χ1v) is 8.49. The van der Waals surface area contributed by atoms with Gasteiger partial charge in [-0.2, -0.15) is 17.5 Å². The van der Waals surface area contributed by atoms with Gasteiger partial charge in [-0.15, -0.1) is 0 Å². The van der Waals surface area contributed by atoms with Crippen LogP contribution in [0.2, 0.25) is 0 Å². The van der Waals surface area contributed by atoms with Gasteiger partial charge < -0.3 is 14.3 Å². The lowest BCUT2D eigenvalue weighted by atomic mass is 9.96. The molecule has 12 heteroatoms. The Hall–Kier alpha value is -2.08. The van der Waals surface area contributed by atoms with Gasteiger partial charge in [0.15, 0.2) is 0 Å². The smallest absolute Gasteiger partial charge is 0.393 e. The van der Waals surface area contributed by atoms with Gasteiger partial charge in [0, 0.05) is 13.1 Å².